The van der Waals surface area contributed by atoms with Gasteiger partial charge >= 0.3 is 0 Å². The van der Waals surface area contributed by atoms with Crippen LogP contribution in [0.1, 0.15) is 0 Å². The second-order valence-corrected chi connectivity index (χ2v) is 4.01. The second-order valence-electron chi connectivity index (χ2n) is 4.01. The zero-order valence-electron chi connectivity index (χ0n) is 10.8. The van der Waals surface area contributed by atoms with E-state index in [9.17, 15) is 0 Å². The number of furan rings is 1. The number of H-pyrrole nitrogens is 1. The molecule has 0 aliphatic rings. The first-order chi connectivity index (χ1) is 9.86. The van der Waals surface area contributed by atoms with Crippen molar-refractivity contribution in [3.8, 4) is 17.2 Å². The first-order valence-electron chi connectivity index (χ1n) is 6.00. The molecule has 0 bridgehead atoms. The minimum atomic E-state index is 0.621. The molecule has 6 nitrogen and oxygen atoms in total. The topological polar surface area (TPSA) is 75.8 Å². The van der Waals surface area contributed by atoms with Crippen LogP contribution in [0.25, 0.3) is 11.5 Å². The Bertz CT molecular complexity index is 699. The lowest BCUT2D eigenvalue weighted by Gasteiger charge is -1.98. The zero-order chi connectivity index (χ0) is 13.8. The van der Waals surface area contributed by atoms with Crippen molar-refractivity contribution in [3.63, 3.8) is 0 Å². The lowest BCUT2D eigenvalue weighted by Crippen LogP contribution is -1.79. The molecule has 0 fully saturated rings. The standard InChI is InChI=1S/C14H12N4O2/c1-19-11-6-4-10(5-7-11)16-17-12-9-15-18-14(12)13-3-2-8-20-13/h2-9H,1H3,(H,15,18). The molecule has 0 aliphatic heterocycles. The summed E-state index contributed by atoms with van der Waals surface area (Å²) in [5.41, 5.74) is 2.06. The highest BCUT2D eigenvalue weighted by Gasteiger charge is 2.09. The van der Waals surface area contributed by atoms with Gasteiger partial charge < -0.3 is 9.15 Å². The van der Waals surface area contributed by atoms with Gasteiger partial charge in [-0.3, -0.25) is 5.10 Å². The lowest BCUT2D eigenvalue weighted by atomic mass is 10.3. The van der Waals surface area contributed by atoms with E-state index in [4.69, 9.17) is 9.15 Å². The summed E-state index contributed by atoms with van der Waals surface area (Å²) in [6.45, 7) is 0. The van der Waals surface area contributed by atoms with Gasteiger partial charge in [-0.05, 0) is 36.4 Å². The zero-order valence-corrected chi connectivity index (χ0v) is 10.8. The summed E-state index contributed by atoms with van der Waals surface area (Å²) >= 11 is 0. The van der Waals surface area contributed by atoms with Crippen molar-refractivity contribution in [1.29, 1.82) is 0 Å². The Morgan fingerprint density at radius 1 is 1.15 bits per heavy atom. The molecule has 1 N–H and O–H groups in total. The summed E-state index contributed by atoms with van der Waals surface area (Å²) in [7, 11) is 1.62. The van der Waals surface area contributed by atoms with Gasteiger partial charge in [0.25, 0.3) is 0 Å². The van der Waals surface area contributed by atoms with Gasteiger partial charge in [0, 0.05) is 0 Å². The molecule has 100 valence electrons. The minimum absolute atomic E-state index is 0.621. The van der Waals surface area contributed by atoms with Gasteiger partial charge in [0.1, 0.15) is 17.1 Å². The minimum Gasteiger partial charge on any atom is -0.497 e. The van der Waals surface area contributed by atoms with Crippen LogP contribution in [-0.2, 0) is 0 Å². The maximum atomic E-state index is 5.31. The van der Waals surface area contributed by atoms with Crippen molar-refractivity contribution in [1.82, 2.24) is 10.2 Å². The number of methoxy groups -OCH3 is 1. The van der Waals surface area contributed by atoms with Crippen LogP contribution >= 0.6 is 0 Å². The van der Waals surface area contributed by atoms with Gasteiger partial charge in [0.05, 0.1) is 25.3 Å². The van der Waals surface area contributed by atoms with Crippen LogP contribution < -0.4 is 4.74 Å². The molecular weight excluding hydrogens is 256 g/mol. The van der Waals surface area contributed by atoms with E-state index in [1.807, 2.05) is 30.3 Å². The van der Waals surface area contributed by atoms with Crippen LogP contribution in [-0.4, -0.2) is 17.3 Å². The molecule has 3 aromatic rings. The molecule has 0 saturated carbocycles. The molecule has 0 aliphatic carbocycles. The Balaban J connectivity index is 1.84. The van der Waals surface area contributed by atoms with Crippen molar-refractivity contribution in [3.05, 3.63) is 48.9 Å². The third kappa shape index (κ3) is 2.44. The number of ether oxygens (including phenoxy) is 1. The van der Waals surface area contributed by atoms with Crippen LogP contribution in [0, 0.1) is 0 Å². The van der Waals surface area contributed by atoms with Crippen LogP contribution in [0.15, 0.2) is 63.5 Å². The predicted octanol–water partition coefficient (Wildman–Crippen LogP) is 4.09. The summed E-state index contributed by atoms with van der Waals surface area (Å²) in [6, 6.07) is 11.0. The number of hydrogen-bond acceptors (Lipinski definition) is 5. The summed E-state index contributed by atoms with van der Waals surface area (Å²) in [5, 5.41) is 15.1. The molecule has 20 heavy (non-hydrogen) atoms. The number of hydrogen-bond donors (Lipinski definition) is 1. The van der Waals surface area contributed by atoms with E-state index >= 15 is 0 Å². The number of aromatic amines is 1. The predicted molar refractivity (Wildman–Crippen MR) is 73.5 cm³/mol. The van der Waals surface area contributed by atoms with Gasteiger partial charge in [0.15, 0.2) is 5.76 Å². The van der Waals surface area contributed by atoms with Gasteiger partial charge in [0.2, 0.25) is 0 Å². The highest BCUT2D eigenvalue weighted by molar-refractivity contribution is 5.66. The highest BCUT2D eigenvalue weighted by Crippen LogP contribution is 2.29. The molecule has 6 heteroatoms. The summed E-state index contributed by atoms with van der Waals surface area (Å²) in [5.74, 6) is 1.45. The van der Waals surface area contributed by atoms with Gasteiger partial charge in [-0.1, -0.05) is 0 Å². The summed E-state index contributed by atoms with van der Waals surface area (Å²) in [6.07, 6.45) is 3.20. The number of benzene rings is 1. The van der Waals surface area contributed by atoms with Crippen LogP contribution in [0.4, 0.5) is 11.4 Å². The molecule has 1 aromatic carbocycles. The first kappa shape index (κ1) is 12.2. The van der Waals surface area contributed by atoms with Crippen molar-refractivity contribution in [2.24, 2.45) is 10.2 Å². The van der Waals surface area contributed by atoms with E-state index in [2.05, 4.69) is 20.4 Å². The maximum absolute atomic E-state index is 5.31. The smallest absolute Gasteiger partial charge is 0.153 e. The van der Waals surface area contributed by atoms with Crippen molar-refractivity contribution in [2.45, 2.75) is 0 Å². The number of azo groups is 1. The number of nitrogens with zero attached hydrogens (tertiary/aromatic N) is 3. The third-order valence-corrected chi connectivity index (χ3v) is 2.73. The van der Waals surface area contributed by atoms with Crippen LogP contribution in [0.2, 0.25) is 0 Å². The molecule has 0 atom stereocenters. The molecule has 0 radical (unpaired) electrons. The average Bonchev–Trinajstić information content (AvgIpc) is 3.16. The summed E-state index contributed by atoms with van der Waals surface area (Å²) in [4.78, 5) is 0. The molecule has 0 saturated heterocycles. The van der Waals surface area contributed by atoms with Crippen LogP contribution in [0.5, 0.6) is 5.75 Å². The average molecular weight is 268 g/mol. The fraction of sp³-hybridized carbons (Fsp3) is 0.0714. The third-order valence-electron chi connectivity index (χ3n) is 2.73. The molecular formula is C14H12N4O2. The van der Waals surface area contributed by atoms with E-state index in [1.54, 1.807) is 25.6 Å². The fourth-order valence-corrected chi connectivity index (χ4v) is 1.72. The Hall–Kier alpha value is -2.89. The van der Waals surface area contributed by atoms with Gasteiger partial charge in [-0.25, -0.2) is 0 Å². The molecule has 0 spiro atoms. The highest BCUT2D eigenvalue weighted by atomic mass is 16.5. The molecule has 0 unspecified atom stereocenters. The maximum Gasteiger partial charge on any atom is 0.153 e. The Morgan fingerprint density at radius 2 is 2.00 bits per heavy atom. The van der Waals surface area contributed by atoms with Gasteiger partial charge in [-0.2, -0.15) is 10.2 Å². The Morgan fingerprint density at radius 3 is 2.70 bits per heavy atom. The number of aromatic nitrogens is 2. The second kappa shape index (κ2) is 5.40. The van der Waals surface area contributed by atoms with Crippen LogP contribution in [0.3, 0.4) is 0 Å². The monoisotopic (exact) mass is 268 g/mol. The van der Waals surface area contributed by atoms with E-state index in [1.165, 1.54) is 0 Å². The Labute approximate surface area is 115 Å². The quantitative estimate of drug-likeness (QED) is 0.724. The number of rotatable bonds is 4. The van der Waals surface area contributed by atoms with Crippen molar-refractivity contribution >= 4 is 11.4 Å². The molecule has 3 rings (SSSR count). The van der Waals surface area contributed by atoms with E-state index in [-0.39, 0.29) is 0 Å². The molecule has 2 heterocycles. The van der Waals surface area contributed by atoms with E-state index < -0.39 is 0 Å². The normalized spacial score (nSPS) is 11.1. The van der Waals surface area contributed by atoms with Crippen molar-refractivity contribution in [2.75, 3.05) is 7.11 Å². The molecule has 2 aromatic heterocycles. The Kier molecular flexibility index (Phi) is 3.28. The SMILES string of the molecule is COc1ccc(N=Nc2cn[nH]c2-c2ccco2)cc1. The van der Waals surface area contributed by atoms with Crippen molar-refractivity contribution < 1.29 is 9.15 Å². The summed E-state index contributed by atoms with van der Waals surface area (Å²) < 4.78 is 10.4. The van der Waals surface area contributed by atoms with Gasteiger partial charge in [-0.15, -0.1) is 5.11 Å². The first-order valence-corrected chi connectivity index (χ1v) is 6.00. The van der Waals surface area contributed by atoms with E-state index in [0.717, 1.165) is 11.4 Å². The molecule has 0 amide bonds. The fourth-order valence-electron chi connectivity index (χ4n) is 1.72. The number of nitrogens with one attached hydrogen (secondary N) is 1. The largest absolute Gasteiger partial charge is 0.497 e. The van der Waals surface area contributed by atoms with E-state index in [0.29, 0.717) is 17.1 Å². The lowest BCUT2D eigenvalue weighted by molar-refractivity contribution is 0.415.